The van der Waals surface area contributed by atoms with Gasteiger partial charge in [-0.05, 0) is 65.7 Å². The second kappa shape index (κ2) is 7.09. The summed E-state index contributed by atoms with van der Waals surface area (Å²) in [5.41, 5.74) is 1.86. The molecule has 3 nitrogen and oxygen atoms in total. The quantitative estimate of drug-likeness (QED) is 0.773. The highest BCUT2D eigenvalue weighted by Gasteiger charge is 2.16. The maximum atomic E-state index is 12.1. The van der Waals surface area contributed by atoms with Crippen LogP contribution in [-0.4, -0.2) is 12.0 Å². The molecule has 2 aromatic carbocycles. The summed E-state index contributed by atoms with van der Waals surface area (Å²) in [4.78, 5) is 12.1. The van der Waals surface area contributed by atoms with Crippen LogP contribution in [-0.2, 0) is 4.79 Å². The number of hydrogen-bond donors (Lipinski definition) is 1. The van der Waals surface area contributed by atoms with E-state index in [1.807, 2.05) is 49.4 Å². The van der Waals surface area contributed by atoms with Crippen LogP contribution in [0.2, 0.25) is 0 Å². The van der Waals surface area contributed by atoms with Gasteiger partial charge in [0, 0.05) is 10.2 Å². The van der Waals surface area contributed by atoms with Crippen molar-refractivity contribution in [3.63, 3.8) is 0 Å². The molecule has 0 aliphatic rings. The Morgan fingerprint density at radius 1 is 1.19 bits per heavy atom. The van der Waals surface area contributed by atoms with Gasteiger partial charge in [-0.1, -0.05) is 28.1 Å². The predicted octanol–water partition coefficient (Wildman–Crippen LogP) is 4.93. The van der Waals surface area contributed by atoms with Gasteiger partial charge in [-0.2, -0.15) is 0 Å². The molecule has 0 aromatic heterocycles. The third kappa shape index (κ3) is 4.58. The third-order valence-corrected chi connectivity index (χ3v) is 3.97. The Labute approximate surface area is 141 Å². The van der Waals surface area contributed by atoms with Gasteiger partial charge in [0.05, 0.1) is 4.47 Å². The Bertz CT molecular complexity index is 658. The number of aryl methyl sites for hydroxylation is 1. The van der Waals surface area contributed by atoms with E-state index >= 15 is 0 Å². The maximum Gasteiger partial charge on any atom is 0.265 e. The summed E-state index contributed by atoms with van der Waals surface area (Å²) in [5, 5.41) is 2.85. The lowest BCUT2D eigenvalue weighted by Gasteiger charge is -2.16. The second-order valence-electron chi connectivity index (χ2n) is 4.69. The Hall–Kier alpha value is -1.33. The van der Waals surface area contributed by atoms with Crippen molar-refractivity contribution in [2.24, 2.45) is 0 Å². The first kappa shape index (κ1) is 16.0. The Morgan fingerprint density at radius 2 is 1.95 bits per heavy atom. The Balaban J connectivity index is 2.02. The van der Waals surface area contributed by atoms with Gasteiger partial charge in [0.2, 0.25) is 0 Å². The zero-order valence-corrected chi connectivity index (χ0v) is 14.9. The Morgan fingerprint density at radius 3 is 2.62 bits per heavy atom. The number of rotatable bonds is 4. The summed E-state index contributed by atoms with van der Waals surface area (Å²) in [7, 11) is 0. The van der Waals surface area contributed by atoms with Crippen molar-refractivity contribution in [3.05, 3.63) is 57.0 Å². The lowest BCUT2D eigenvalue weighted by atomic mass is 10.2. The van der Waals surface area contributed by atoms with Crippen LogP contribution in [0, 0.1) is 6.92 Å². The lowest BCUT2D eigenvalue weighted by molar-refractivity contribution is -0.122. The van der Waals surface area contributed by atoms with Crippen LogP contribution < -0.4 is 10.1 Å². The fraction of sp³-hybridized carbons (Fsp3) is 0.188. The molecule has 0 radical (unpaired) electrons. The highest BCUT2D eigenvalue weighted by molar-refractivity contribution is 9.11. The average Bonchev–Trinajstić information content (AvgIpc) is 2.41. The van der Waals surface area contributed by atoms with Crippen molar-refractivity contribution in [3.8, 4) is 5.75 Å². The molecule has 0 bridgehead atoms. The minimum Gasteiger partial charge on any atom is -0.480 e. The molecule has 0 fully saturated rings. The number of anilines is 1. The standard InChI is InChI=1S/C16H15Br2NO2/c1-10-4-3-5-13(8-10)19-16(20)11(2)21-15-7-6-12(17)9-14(15)18/h3-9,11H,1-2H3,(H,19,20)/t11-/m1/s1. The zero-order chi connectivity index (χ0) is 15.4. The average molecular weight is 413 g/mol. The third-order valence-electron chi connectivity index (χ3n) is 2.85. The van der Waals surface area contributed by atoms with Crippen LogP contribution in [0.5, 0.6) is 5.75 Å². The Kier molecular flexibility index (Phi) is 5.42. The van der Waals surface area contributed by atoms with Crippen LogP contribution >= 0.6 is 31.9 Å². The number of hydrogen-bond acceptors (Lipinski definition) is 2. The summed E-state index contributed by atoms with van der Waals surface area (Å²) in [6, 6.07) is 13.2. The van der Waals surface area contributed by atoms with Crippen molar-refractivity contribution in [2.45, 2.75) is 20.0 Å². The van der Waals surface area contributed by atoms with Gasteiger partial charge in [0.1, 0.15) is 5.75 Å². The van der Waals surface area contributed by atoms with Gasteiger partial charge >= 0.3 is 0 Å². The monoisotopic (exact) mass is 411 g/mol. The SMILES string of the molecule is Cc1cccc(NC(=O)[C@@H](C)Oc2ccc(Br)cc2Br)c1. The van der Waals surface area contributed by atoms with E-state index in [0.717, 1.165) is 20.2 Å². The molecule has 0 heterocycles. The number of nitrogens with one attached hydrogen (secondary N) is 1. The van der Waals surface area contributed by atoms with Gasteiger partial charge in [-0.3, -0.25) is 4.79 Å². The zero-order valence-electron chi connectivity index (χ0n) is 11.7. The molecule has 0 unspecified atom stereocenters. The summed E-state index contributed by atoms with van der Waals surface area (Å²) >= 11 is 6.79. The fourth-order valence-corrected chi connectivity index (χ4v) is 2.92. The van der Waals surface area contributed by atoms with Crippen LogP contribution in [0.3, 0.4) is 0 Å². The molecular weight excluding hydrogens is 398 g/mol. The first-order valence-electron chi connectivity index (χ1n) is 6.45. The van der Waals surface area contributed by atoms with E-state index in [1.54, 1.807) is 6.92 Å². The lowest BCUT2D eigenvalue weighted by Crippen LogP contribution is -2.30. The number of halogens is 2. The van der Waals surface area contributed by atoms with Gasteiger partial charge in [0.25, 0.3) is 5.91 Å². The molecule has 0 aliphatic heterocycles. The van der Waals surface area contributed by atoms with E-state index in [1.165, 1.54) is 0 Å². The molecule has 5 heteroatoms. The van der Waals surface area contributed by atoms with E-state index in [2.05, 4.69) is 37.2 Å². The minimum atomic E-state index is -0.594. The fourth-order valence-electron chi connectivity index (χ4n) is 1.78. The van der Waals surface area contributed by atoms with Crippen molar-refractivity contribution in [1.82, 2.24) is 0 Å². The summed E-state index contributed by atoms with van der Waals surface area (Å²) < 4.78 is 7.43. The molecule has 1 amide bonds. The van der Waals surface area contributed by atoms with Gasteiger partial charge in [-0.15, -0.1) is 0 Å². The van der Waals surface area contributed by atoms with Crippen LogP contribution in [0.1, 0.15) is 12.5 Å². The number of carbonyl (C=O) groups excluding carboxylic acids is 1. The number of benzene rings is 2. The largest absolute Gasteiger partial charge is 0.480 e. The van der Waals surface area contributed by atoms with Gasteiger partial charge < -0.3 is 10.1 Å². The first-order valence-corrected chi connectivity index (χ1v) is 8.03. The van der Waals surface area contributed by atoms with Crippen molar-refractivity contribution >= 4 is 43.5 Å². The molecule has 21 heavy (non-hydrogen) atoms. The molecule has 0 aliphatic carbocycles. The van der Waals surface area contributed by atoms with E-state index in [4.69, 9.17) is 4.74 Å². The molecule has 0 spiro atoms. The van der Waals surface area contributed by atoms with Crippen molar-refractivity contribution in [1.29, 1.82) is 0 Å². The van der Waals surface area contributed by atoms with Gasteiger partial charge in [0.15, 0.2) is 6.10 Å². The highest BCUT2D eigenvalue weighted by Crippen LogP contribution is 2.29. The smallest absolute Gasteiger partial charge is 0.265 e. The first-order chi connectivity index (χ1) is 9.95. The van der Waals surface area contributed by atoms with Crippen molar-refractivity contribution < 1.29 is 9.53 Å². The number of amides is 1. The van der Waals surface area contributed by atoms with E-state index < -0.39 is 6.10 Å². The maximum absolute atomic E-state index is 12.1. The number of ether oxygens (including phenoxy) is 1. The number of carbonyl (C=O) groups is 1. The minimum absolute atomic E-state index is 0.185. The van der Waals surface area contributed by atoms with Crippen LogP contribution in [0.15, 0.2) is 51.4 Å². The normalized spacial score (nSPS) is 11.8. The van der Waals surface area contributed by atoms with Gasteiger partial charge in [-0.25, -0.2) is 0 Å². The second-order valence-corrected chi connectivity index (χ2v) is 6.46. The van der Waals surface area contributed by atoms with Crippen LogP contribution in [0.25, 0.3) is 0 Å². The topological polar surface area (TPSA) is 38.3 Å². The summed E-state index contributed by atoms with van der Waals surface area (Å²) in [6.07, 6.45) is -0.594. The molecule has 1 N–H and O–H groups in total. The van der Waals surface area contributed by atoms with Crippen molar-refractivity contribution in [2.75, 3.05) is 5.32 Å². The van der Waals surface area contributed by atoms with E-state index in [0.29, 0.717) is 5.75 Å². The molecular formula is C16H15Br2NO2. The molecule has 0 saturated carbocycles. The summed E-state index contributed by atoms with van der Waals surface area (Å²) in [6.45, 7) is 3.70. The van der Waals surface area contributed by atoms with E-state index in [-0.39, 0.29) is 5.91 Å². The van der Waals surface area contributed by atoms with E-state index in [9.17, 15) is 4.79 Å². The summed E-state index contributed by atoms with van der Waals surface area (Å²) in [5.74, 6) is 0.445. The van der Waals surface area contributed by atoms with Crippen LogP contribution in [0.4, 0.5) is 5.69 Å². The predicted molar refractivity (Wildman–Crippen MR) is 91.7 cm³/mol. The molecule has 1 atom stereocenters. The molecule has 110 valence electrons. The molecule has 0 saturated heterocycles. The molecule has 2 aromatic rings. The highest BCUT2D eigenvalue weighted by atomic mass is 79.9. The molecule has 2 rings (SSSR count).